The van der Waals surface area contributed by atoms with Crippen LogP contribution in [0.15, 0.2) is 24.4 Å². The molecule has 0 saturated carbocycles. The van der Waals surface area contributed by atoms with Gasteiger partial charge in [-0.1, -0.05) is 0 Å². The topological polar surface area (TPSA) is 61.9 Å². The molecule has 0 bridgehead atoms. The standard InChI is InChI=1S/C17H25N3O3S/c1-19(2)9-6-14(21)15-4-5-16(24-15)17(22)18-7-3-8-20-10-12-23-13-11-20/h4-6,9H,3,7-8,10-13H2,1-2H3,(H,18,22)/b9-6+. The van der Waals surface area contributed by atoms with Crippen molar-refractivity contribution >= 4 is 23.0 Å². The Morgan fingerprint density at radius 3 is 2.71 bits per heavy atom. The number of morpholine rings is 1. The first-order valence-corrected chi connectivity index (χ1v) is 8.95. The average Bonchev–Trinajstić information content (AvgIpc) is 3.07. The van der Waals surface area contributed by atoms with Crippen LogP contribution in [-0.4, -0.2) is 75.0 Å². The predicted molar refractivity (Wildman–Crippen MR) is 95.7 cm³/mol. The summed E-state index contributed by atoms with van der Waals surface area (Å²) >= 11 is 1.23. The van der Waals surface area contributed by atoms with E-state index in [4.69, 9.17) is 4.74 Å². The number of amides is 1. The SMILES string of the molecule is CN(C)/C=C/C(=O)c1ccc(C(=O)NCCCN2CCOCC2)s1. The molecule has 1 aromatic heterocycles. The lowest BCUT2D eigenvalue weighted by Gasteiger charge is -2.26. The van der Waals surface area contributed by atoms with Gasteiger partial charge in [0.15, 0.2) is 5.78 Å². The molecule has 0 aliphatic carbocycles. The maximum absolute atomic E-state index is 12.1. The zero-order valence-electron chi connectivity index (χ0n) is 14.3. The number of nitrogens with one attached hydrogen (secondary N) is 1. The number of carbonyl (C=O) groups excluding carboxylic acids is 2. The molecule has 24 heavy (non-hydrogen) atoms. The Morgan fingerprint density at radius 1 is 1.29 bits per heavy atom. The van der Waals surface area contributed by atoms with E-state index >= 15 is 0 Å². The van der Waals surface area contributed by atoms with Gasteiger partial charge >= 0.3 is 0 Å². The number of carbonyl (C=O) groups is 2. The van der Waals surface area contributed by atoms with Gasteiger partial charge in [0.2, 0.25) is 0 Å². The van der Waals surface area contributed by atoms with Crippen LogP contribution in [-0.2, 0) is 4.74 Å². The van der Waals surface area contributed by atoms with Crippen LogP contribution < -0.4 is 5.32 Å². The molecule has 0 aromatic carbocycles. The summed E-state index contributed by atoms with van der Waals surface area (Å²) in [7, 11) is 3.71. The van der Waals surface area contributed by atoms with Crippen LogP contribution in [0.25, 0.3) is 0 Å². The van der Waals surface area contributed by atoms with Crippen molar-refractivity contribution in [1.29, 1.82) is 0 Å². The van der Waals surface area contributed by atoms with Gasteiger partial charge in [0.05, 0.1) is 23.0 Å². The summed E-state index contributed by atoms with van der Waals surface area (Å²) in [6, 6.07) is 3.41. The monoisotopic (exact) mass is 351 g/mol. The minimum absolute atomic E-state index is 0.0833. The summed E-state index contributed by atoms with van der Waals surface area (Å²) in [5.41, 5.74) is 0. The van der Waals surface area contributed by atoms with Crippen molar-refractivity contribution in [3.8, 4) is 0 Å². The van der Waals surface area contributed by atoms with Crippen LogP contribution in [0.3, 0.4) is 0 Å². The molecule has 6 nitrogen and oxygen atoms in total. The summed E-state index contributed by atoms with van der Waals surface area (Å²) in [6.45, 7) is 5.11. The number of ether oxygens (including phenoxy) is 1. The Labute approximate surface area is 147 Å². The van der Waals surface area contributed by atoms with E-state index in [2.05, 4.69) is 10.2 Å². The summed E-state index contributed by atoms with van der Waals surface area (Å²) < 4.78 is 5.31. The fraction of sp³-hybridized carbons (Fsp3) is 0.529. The highest BCUT2D eigenvalue weighted by Gasteiger charge is 2.13. The number of hydrogen-bond acceptors (Lipinski definition) is 6. The van der Waals surface area contributed by atoms with E-state index in [0.717, 1.165) is 39.3 Å². The van der Waals surface area contributed by atoms with Crippen LogP contribution in [0, 0.1) is 0 Å². The molecule has 1 fully saturated rings. The zero-order valence-corrected chi connectivity index (χ0v) is 15.1. The highest BCUT2D eigenvalue weighted by atomic mass is 32.1. The van der Waals surface area contributed by atoms with Crippen LogP contribution in [0.5, 0.6) is 0 Å². The van der Waals surface area contributed by atoms with E-state index < -0.39 is 0 Å². The van der Waals surface area contributed by atoms with Crippen molar-refractivity contribution in [3.63, 3.8) is 0 Å². The van der Waals surface area contributed by atoms with Gasteiger partial charge in [-0.3, -0.25) is 14.5 Å². The predicted octanol–water partition coefficient (Wildman–Crippen LogP) is 1.46. The van der Waals surface area contributed by atoms with Crippen LogP contribution in [0.1, 0.15) is 25.8 Å². The van der Waals surface area contributed by atoms with Crippen molar-refractivity contribution < 1.29 is 14.3 Å². The molecular weight excluding hydrogens is 326 g/mol. The Bertz CT molecular complexity index is 577. The third-order valence-corrected chi connectivity index (χ3v) is 4.74. The van der Waals surface area contributed by atoms with Gasteiger partial charge in [-0.2, -0.15) is 0 Å². The smallest absolute Gasteiger partial charge is 0.261 e. The average molecular weight is 351 g/mol. The van der Waals surface area contributed by atoms with Crippen LogP contribution >= 0.6 is 11.3 Å². The highest BCUT2D eigenvalue weighted by molar-refractivity contribution is 7.16. The number of hydrogen-bond donors (Lipinski definition) is 1. The lowest BCUT2D eigenvalue weighted by Crippen LogP contribution is -2.38. The lowest BCUT2D eigenvalue weighted by molar-refractivity contribution is 0.0374. The highest BCUT2D eigenvalue weighted by Crippen LogP contribution is 2.17. The summed E-state index contributed by atoms with van der Waals surface area (Å²) in [4.78, 5) is 29.4. The molecule has 0 spiro atoms. The second-order valence-electron chi connectivity index (χ2n) is 5.87. The normalized spacial score (nSPS) is 15.6. The third-order valence-electron chi connectivity index (χ3n) is 3.64. The zero-order chi connectivity index (χ0) is 17.4. The maximum atomic E-state index is 12.1. The van der Waals surface area contributed by atoms with Crippen molar-refractivity contribution in [1.82, 2.24) is 15.1 Å². The largest absolute Gasteiger partial charge is 0.383 e. The fourth-order valence-electron chi connectivity index (χ4n) is 2.31. The molecule has 0 unspecified atom stereocenters. The summed E-state index contributed by atoms with van der Waals surface area (Å²) in [5.74, 6) is -0.197. The summed E-state index contributed by atoms with van der Waals surface area (Å²) in [5, 5.41) is 2.92. The molecule has 7 heteroatoms. The second-order valence-corrected chi connectivity index (χ2v) is 6.95. The Balaban J connectivity index is 1.73. The van der Waals surface area contributed by atoms with Crippen molar-refractivity contribution in [2.45, 2.75) is 6.42 Å². The Kier molecular flexibility index (Phi) is 7.42. The molecule has 1 saturated heterocycles. The summed E-state index contributed by atoms with van der Waals surface area (Å²) in [6.07, 6.45) is 4.12. The molecule has 1 aliphatic heterocycles. The van der Waals surface area contributed by atoms with Crippen molar-refractivity contribution in [2.75, 3.05) is 53.5 Å². The number of ketones is 1. The number of nitrogens with zero attached hydrogens (tertiary/aromatic N) is 2. The van der Waals surface area contributed by atoms with Crippen molar-refractivity contribution in [3.05, 3.63) is 34.2 Å². The molecule has 132 valence electrons. The van der Waals surface area contributed by atoms with E-state index in [1.54, 1.807) is 23.2 Å². The molecule has 1 aliphatic rings. The molecule has 2 heterocycles. The van der Waals surface area contributed by atoms with Gasteiger partial charge in [0.1, 0.15) is 0 Å². The number of rotatable bonds is 8. The Morgan fingerprint density at radius 2 is 2.00 bits per heavy atom. The molecular formula is C17H25N3O3S. The first-order valence-electron chi connectivity index (χ1n) is 8.13. The third kappa shape index (κ3) is 6.07. The Hall–Kier alpha value is -1.70. The first kappa shape index (κ1) is 18.6. The van der Waals surface area contributed by atoms with E-state index in [9.17, 15) is 9.59 Å². The van der Waals surface area contributed by atoms with Gasteiger partial charge < -0.3 is 15.0 Å². The van der Waals surface area contributed by atoms with Crippen LogP contribution in [0.4, 0.5) is 0 Å². The molecule has 1 aromatic rings. The number of allylic oxidation sites excluding steroid dienone is 1. The molecule has 0 atom stereocenters. The second kappa shape index (κ2) is 9.56. The first-order chi connectivity index (χ1) is 11.6. The van der Waals surface area contributed by atoms with Gasteiger partial charge in [0, 0.05) is 46.0 Å². The quantitative estimate of drug-likeness (QED) is 0.436. The molecule has 2 rings (SSSR count). The van der Waals surface area contributed by atoms with Gasteiger partial charge in [0.25, 0.3) is 5.91 Å². The molecule has 1 N–H and O–H groups in total. The van der Waals surface area contributed by atoms with Gasteiger partial charge in [-0.15, -0.1) is 11.3 Å². The fourth-order valence-corrected chi connectivity index (χ4v) is 3.15. The van der Waals surface area contributed by atoms with Gasteiger partial charge in [-0.05, 0) is 25.1 Å². The maximum Gasteiger partial charge on any atom is 0.261 e. The minimum atomic E-state index is -0.113. The van der Waals surface area contributed by atoms with E-state index in [1.165, 1.54) is 17.4 Å². The van der Waals surface area contributed by atoms with Crippen molar-refractivity contribution in [2.24, 2.45) is 0 Å². The number of thiophene rings is 1. The molecule has 1 amide bonds. The van der Waals surface area contributed by atoms with E-state index in [-0.39, 0.29) is 11.7 Å². The lowest BCUT2D eigenvalue weighted by atomic mass is 10.3. The molecule has 0 radical (unpaired) electrons. The van der Waals surface area contributed by atoms with Gasteiger partial charge in [-0.25, -0.2) is 0 Å². The van der Waals surface area contributed by atoms with Crippen LogP contribution in [0.2, 0.25) is 0 Å². The minimum Gasteiger partial charge on any atom is -0.383 e. The van der Waals surface area contributed by atoms with E-state index in [1.807, 2.05) is 14.1 Å². The van der Waals surface area contributed by atoms with E-state index in [0.29, 0.717) is 16.3 Å².